The number of rotatable bonds is 8. The Kier molecular flexibility index (Phi) is 5.75. The number of imidazole rings is 1. The molecular formula is C17H27N3O2. The van der Waals surface area contributed by atoms with Gasteiger partial charge in [-0.2, -0.15) is 0 Å². The van der Waals surface area contributed by atoms with Gasteiger partial charge in [-0.3, -0.25) is 14.5 Å². The van der Waals surface area contributed by atoms with E-state index in [2.05, 4.69) is 18.8 Å². The number of hydrogen-bond donors (Lipinski definition) is 0. The lowest BCUT2D eigenvalue weighted by molar-refractivity contribution is -0.140. The number of aryl methyl sites for hydroxylation is 1. The third-order valence-electron chi connectivity index (χ3n) is 4.61. The minimum Gasteiger partial charge on any atom is -0.322 e. The second-order valence-corrected chi connectivity index (χ2v) is 6.08. The molecule has 1 saturated heterocycles. The van der Waals surface area contributed by atoms with Gasteiger partial charge in [-0.15, -0.1) is 0 Å². The van der Waals surface area contributed by atoms with Gasteiger partial charge in [0.05, 0.1) is 6.42 Å². The van der Waals surface area contributed by atoms with Gasteiger partial charge >= 0.3 is 0 Å². The average Bonchev–Trinajstić information content (AvgIpc) is 3.09. The summed E-state index contributed by atoms with van der Waals surface area (Å²) < 4.78 is 1.87. The highest BCUT2D eigenvalue weighted by Crippen LogP contribution is 2.28. The number of nitrogens with zero attached hydrogens (tertiary/aromatic N) is 3. The molecule has 0 radical (unpaired) electrons. The SMILES string of the molecule is CCCCC(CC)CN1C(=O)CC(n2ccnc2CC)C1=O. The van der Waals surface area contributed by atoms with Crippen molar-refractivity contribution in [2.24, 2.45) is 5.92 Å². The number of unbranched alkanes of at least 4 members (excludes halogenated alkanes) is 1. The van der Waals surface area contributed by atoms with Crippen molar-refractivity contribution in [2.75, 3.05) is 6.54 Å². The van der Waals surface area contributed by atoms with Crippen molar-refractivity contribution >= 4 is 11.8 Å². The normalized spacial score (nSPS) is 20.0. The fourth-order valence-corrected chi connectivity index (χ4v) is 3.15. The summed E-state index contributed by atoms with van der Waals surface area (Å²) in [7, 11) is 0. The Morgan fingerprint density at radius 2 is 2.09 bits per heavy atom. The molecule has 1 fully saturated rings. The lowest BCUT2D eigenvalue weighted by atomic mass is 9.99. The summed E-state index contributed by atoms with van der Waals surface area (Å²) in [6, 6.07) is -0.395. The topological polar surface area (TPSA) is 55.2 Å². The first-order valence-electron chi connectivity index (χ1n) is 8.48. The van der Waals surface area contributed by atoms with E-state index < -0.39 is 6.04 Å². The van der Waals surface area contributed by atoms with Crippen molar-refractivity contribution in [3.8, 4) is 0 Å². The molecule has 1 aliphatic heterocycles. The largest absolute Gasteiger partial charge is 0.322 e. The van der Waals surface area contributed by atoms with E-state index in [9.17, 15) is 9.59 Å². The number of amides is 2. The molecule has 2 rings (SSSR count). The predicted octanol–water partition coefficient (Wildman–Crippen LogP) is 2.96. The molecule has 1 aromatic heterocycles. The van der Waals surface area contributed by atoms with E-state index in [0.29, 0.717) is 12.5 Å². The Bertz CT molecular complexity index is 524. The zero-order valence-electron chi connectivity index (χ0n) is 13.9. The van der Waals surface area contributed by atoms with Gasteiger partial charge < -0.3 is 4.57 Å². The van der Waals surface area contributed by atoms with E-state index >= 15 is 0 Å². The van der Waals surface area contributed by atoms with Gasteiger partial charge in [0.2, 0.25) is 5.91 Å². The Balaban J connectivity index is 2.08. The van der Waals surface area contributed by atoms with Crippen LogP contribution in [0.25, 0.3) is 0 Å². The first-order valence-corrected chi connectivity index (χ1v) is 8.48. The van der Waals surface area contributed by atoms with Gasteiger partial charge in [-0.1, -0.05) is 40.0 Å². The summed E-state index contributed by atoms with van der Waals surface area (Å²) >= 11 is 0. The van der Waals surface area contributed by atoms with Crippen LogP contribution in [0.2, 0.25) is 0 Å². The first-order chi connectivity index (χ1) is 10.6. The van der Waals surface area contributed by atoms with E-state index in [1.807, 2.05) is 17.7 Å². The van der Waals surface area contributed by atoms with Crippen LogP contribution in [0.4, 0.5) is 0 Å². The number of imide groups is 1. The highest BCUT2D eigenvalue weighted by atomic mass is 16.2. The minimum atomic E-state index is -0.395. The fraction of sp³-hybridized carbons (Fsp3) is 0.706. The lowest BCUT2D eigenvalue weighted by Crippen LogP contribution is -2.35. The third-order valence-corrected chi connectivity index (χ3v) is 4.61. The van der Waals surface area contributed by atoms with Crippen LogP contribution in [0.5, 0.6) is 0 Å². The van der Waals surface area contributed by atoms with Gasteiger partial charge in [-0.05, 0) is 12.3 Å². The molecule has 0 spiro atoms. The van der Waals surface area contributed by atoms with Gasteiger partial charge in [0.1, 0.15) is 11.9 Å². The standard InChI is InChI=1S/C17H27N3O2/c1-4-7-8-13(5-2)12-20-16(21)11-14(17(20)22)19-10-9-18-15(19)6-3/h9-10,13-14H,4-8,11-12H2,1-3H3. The molecule has 5 heteroatoms. The maximum Gasteiger partial charge on any atom is 0.252 e. The lowest BCUT2D eigenvalue weighted by Gasteiger charge is -2.22. The average molecular weight is 305 g/mol. The molecule has 2 atom stereocenters. The summed E-state index contributed by atoms with van der Waals surface area (Å²) in [5, 5.41) is 0. The fourth-order valence-electron chi connectivity index (χ4n) is 3.15. The van der Waals surface area contributed by atoms with Crippen molar-refractivity contribution < 1.29 is 9.59 Å². The highest BCUT2D eigenvalue weighted by Gasteiger charge is 2.40. The second kappa shape index (κ2) is 7.56. The second-order valence-electron chi connectivity index (χ2n) is 6.08. The van der Waals surface area contributed by atoms with Crippen molar-refractivity contribution in [3.63, 3.8) is 0 Å². The minimum absolute atomic E-state index is 0.0410. The van der Waals surface area contributed by atoms with Crippen LogP contribution in [-0.2, 0) is 16.0 Å². The van der Waals surface area contributed by atoms with E-state index in [1.54, 1.807) is 6.20 Å². The zero-order valence-corrected chi connectivity index (χ0v) is 13.9. The van der Waals surface area contributed by atoms with Crippen LogP contribution >= 0.6 is 0 Å². The van der Waals surface area contributed by atoms with Gasteiger partial charge in [0.25, 0.3) is 5.91 Å². The molecule has 122 valence electrons. The van der Waals surface area contributed by atoms with Gasteiger partial charge in [0, 0.05) is 25.4 Å². The van der Waals surface area contributed by atoms with Crippen LogP contribution in [0.15, 0.2) is 12.4 Å². The summed E-state index contributed by atoms with van der Waals surface area (Å²) in [6.45, 7) is 6.88. The molecule has 2 heterocycles. The van der Waals surface area contributed by atoms with Crippen LogP contribution in [0.1, 0.15) is 64.7 Å². The Morgan fingerprint density at radius 1 is 1.32 bits per heavy atom. The van der Waals surface area contributed by atoms with Crippen LogP contribution < -0.4 is 0 Å². The molecule has 0 N–H and O–H groups in total. The molecule has 0 aromatic carbocycles. The zero-order chi connectivity index (χ0) is 16.1. The predicted molar refractivity (Wildman–Crippen MR) is 85.3 cm³/mol. The number of hydrogen-bond acceptors (Lipinski definition) is 3. The van der Waals surface area contributed by atoms with E-state index in [4.69, 9.17) is 0 Å². The van der Waals surface area contributed by atoms with E-state index in [1.165, 1.54) is 4.90 Å². The van der Waals surface area contributed by atoms with Crippen LogP contribution in [0, 0.1) is 5.92 Å². The van der Waals surface area contributed by atoms with Crippen LogP contribution in [0.3, 0.4) is 0 Å². The molecule has 1 aliphatic rings. The molecule has 22 heavy (non-hydrogen) atoms. The summed E-state index contributed by atoms with van der Waals surface area (Å²) in [4.78, 5) is 30.7. The summed E-state index contributed by atoms with van der Waals surface area (Å²) in [6.07, 6.45) is 8.94. The summed E-state index contributed by atoms with van der Waals surface area (Å²) in [5.74, 6) is 1.18. The maximum absolute atomic E-state index is 12.7. The monoisotopic (exact) mass is 305 g/mol. The first kappa shape index (κ1) is 16.7. The van der Waals surface area contributed by atoms with Crippen LogP contribution in [-0.4, -0.2) is 32.8 Å². The highest BCUT2D eigenvalue weighted by molar-refractivity contribution is 6.04. The number of likely N-dealkylation sites (tertiary alicyclic amines) is 1. The Hall–Kier alpha value is -1.65. The Morgan fingerprint density at radius 3 is 2.73 bits per heavy atom. The molecule has 2 amide bonds. The molecule has 0 aliphatic carbocycles. The molecule has 0 saturated carbocycles. The van der Waals surface area contributed by atoms with E-state index in [-0.39, 0.29) is 18.2 Å². The number of carbonyl (C=O) groups is 2. The Labute approximate surface area is 132 Å². The maximum atomic E-state index is 12.7. The van der Waals surface area contributed by atoms with Gasteiger partial charge in [0.15, 0.2) is 0 Å². The van der Waals surface area contributed by atoms with Crippen molar-refractivity contribution in [2.45, 2.75) is 65.3 Å². The molecule has 1 aromatic rings. The van der Waals surface area contributed by atoms with Gasteiger partial charge in [-0.25, -0.2) is 4.98 Å². The number of carbonyl (C=O) groups excluding carboxylic acids is 2. The molecule has 0 bridgehead atoms. The smallest absolute Gasteiger partial charge is 0.252 e. The summed E-state index contributed by atoms with van der Waals surface area (Å²) in [5.41, 5.74) is 0. The molecule has 2 unspecified atom stereocenters. The number of aromatic nitrogens is 2. The van der Waals surface area contributed by atoms with Crippen molar-refractivity contribution in [3.05, 3.63) is 18.2 Å². The third kappa shape index (κ3) is 3.39. The van der Waals surface area contributed by atoms with Crippen molar-refractivity contribution in [1.29, 1.82) is 0 Å². The molecule has 5 nitrogen and oxygen atoms in total. The van der Waals surface area contributed by atoms with Crippen molar-refractivity contribution in [1.82, 2.24) is 14.5 Å². The quantitative estimate of drug-likeness (QED) is 0.694. The molecular weight excluding hydrogens is 278 g/mol. The van der Waals surface area contributed by atoms with E-state index in [0.717, 1.165) is 37.9 Å².